The molecule has 1 aromatic carbocycles. The van der Waals surface area contributed by atoms with Crippen molar-refractivity contribution in [2.45, 2.75) is 12.5 Å². The van der Waals surface area contributed by atoms with E-state index in [0.29, 0.717) is 13.0 Å². The molecule has 134 valence electrons. The van der Waals surface area contributed by atoms with Gasteiger partial charge in [0.25, 0.3) is 0 Å². The lowest BCUT2D eigenvalue weighted by atomic mass is 10.1. The number of amides is 1. The van der Waals surface area contributed by atoms with Crippen molar-refractivity contribution in [3.8, 4) is 10.7 Å². The fourth-order valence-corrected chi connectivity index (χ4v) is 3.59. The van der Waals surface area contributed by atoms with Crippen molar-refractivity contribution in [1.82, 2.24) is 20.2 Å². The van der Waals surface area contributed by atoms with Crippen molar-refractivity contribution < 1.29 is 4.79 Å². The molecule has 26 heavy (non-hydrogen) atoms. The van der Waals surface area contributed by atoms with Crippen LogP contribution in [-0.4, -0.2) is 41.4 Å². The van der Waals surface area contributed by atoms with Crippen LogP contribution in [0.25, 0.3) is 10.7 Å². The molecule has 1 amide bonds. The molecule has 3 rings (SSSR count). The van der Waals surface area contributed by atoms with Crippen LogP contribution in [-0.2, 0) is 11.2 Å². The average Bonchev–Trinajstić information content (AvgIpc) is 3.12. The Hall–Kier alpha value is -2.57. The van der Waals surface area contributed by atoms with Crippen LogP contribution in [0.2, 0.25) is 0 Å². The third kappa shape index (κ3) is 4.53. The van der Waals surface area contributed by atoms with Crippen LogP contribution in [0.5, 0.6) is 0 Å². The number of pyridine rings is 1. The molecule has 1 N–H and O–H groups in total. The Labute approximate surface area is 157 Å². The second-order valence-corrected chi connectivity index (χ2v) is 7.03. The van der Waals surface area contributed by atoms with Gasteiger partial charge in [-0.25, -0.2) is 4.98 Å². The van der Waals surface area contributed by atoms with Crippen LogP contribution in [0, 0.1) is 0 Å². The summed E-state index contributed by atoms with van der Waals surface area (Å²) in [7, 11) is 3.83. The second kappa shape index (κ2) is 8.69. The lowest BCUT2D eigenvalue weighted by molar-refractivity contribution is -0.125. The van der Waals surface area contributed by atoms with Gasteiger partial charge in [0.2, 0.25) is 5.91 Å². The number of carbonyl (C=O) groups excluding carboxylic acids is 1. The second-order valence-electron chi connectivity index (χ2n) is 6.18. The molecular formula is C20H22N4OS. The van der Waals surface area contributed by atoms with Gasteiger partial charge in [-0.2, -0.15) is 0 Å². The summed E-state index contributed by atoms with van der Waals surface area (Å²) in [6.45, 7) is 0.557. The molecule has 2 heterocycles. The van der Waals surface area contributed by atoms with Gasteiger partial charge in [0.15, 0.2) is 0 Å². The van der Waals surface area contributed by atoms with Gasteiger partial charge in [-0.3, -0.25) is 14.7 Å². The van der Waals surface area contributed by atoms with Crippen molar-refractivity contribution in [3.63, 3.8) is 0 Å². The maximum atomic E-state index is 12.6. The Kier molecular flexibility index (Phi) is 6.09. The van der Waals surface area contributed by atoms with E-state index in [2.05, 4.69) is 15.3 Å². The molecule has 0 saturated heterocycles. The van der Waals surface area contributed by atoms with Gasteiger partial charge >= 0.3 is 0 Å². The predicted octanol–water partition coefficient (Wildman–Crippen LogP) is 3.17. The smallest absolute Gasteiger partial charge is 0.241 e. The van der Waals surface area contributed by atoms with Crippen molar-refractivity contribution in [2.24, 2.45) is 0 Å². The van der Waals surface area contributed by atoms with E-state index in [0.717, 1.165) is 22.0 Å². The minimum absolute atomic E-state index is 0.00128. The minimum Gasteiger partial charge on any atom is -0.354 e. The van der Waals surface area contributed by atoms with E-state index >= 15 is 0 Å². The molecule has 6 heteroatoms. The standard InChI is InChI=1S/C20H22N4OS/c1-24(2)18(15-8-4-3-5-9-15)19(25)22-13-11-16-14-26-20(23-16)17-10-6-7-12-21-17/h3-10,12,14,18H,11,13H2,1-2H3,(H,22,25). The normalized spacial score (nSPS) is 12.1. The van der Waals surface area contributed by atoms with Gasteiger partial charge in [0, 0.05) is 24.5 Å². The molecule has 0 fully saturated rings. The number of carbonyl (C=O) groups is 1. The highest BCUT2D eigenvalue weighted by Gasteiger charge is 2.22. The van der Waals surface area contributed by atoms with Crippen LogP contribution in [0.1, 0.15) is 17.3 Å². The largest absolute Gasteiger partial charge is 0.354 e. The van der Waals surface area contributed by atoms with Gasteiger partial charge in [0.1, 0.15) is 11.0 Å². The monoisotopic (exact) mass is 366 g/mol. The zero-order valence-corrected chi connectivity index (χ0v) is 15.7. The molecular weight excluding hydrogens is 344 g/mol. The summed E-state index contributed by atoms with van der Waals surface area (Å²) < 4.78 is 0. The first-order valence-corrected chi connectivity index (χ1v) is 9.38. The van der Waals surface area contributed by atoms with E-state index in [4.69, 9.17) is 0 Å². The molecule has 1 unspecified atom stereocenters. The highest BCUT2D eigenvalue weighted by Crippen LogP contribution is 2.21. The molecule has 2 aromatic heterocycles. The maximum Gasteiger partial charge on any atom is 0.241 e. The van der Waals surface area contributed by atoms with E-state index in [-0.39, 0.29) is 11.9 Å². The SMILES string of the molecule is CN(C)C(C(=O)NCCc1csc(-c2ccccn2)n1)c1ccccc1. The predicted molar refractivity (Wildman–Crippen MR) is 105 cm³/mol. The Bertz CT molecular complexity index is 833. The van der Waals surface area contributed by atoms with E-state index in [9.17, 15) is 4.79 Å². The van der Waals surface area contributed by atoms with Crippen LogP contribution in [0.15, 0.2) is 60.1 Å². The number of nitrogens with one attached hydrogen (secondary N) is 1. The summed E-state index contributed by atoms with van der Waals surface area (Å²) in [5.41, 5.74) is 2.84. The third-order valence-corrected chi connectivity index (χ3v) is 4.91. The van der Waals surface area contributed by atoms with E-state index in [1.807, 2.05) is 72.9 Å². The molecule has 0 bridgehead atoms. The quantitative estimate of drug-likeness (QED) is 0.698. The Morgan fingerprint density at radius 2 is 1.92 bits per heavy atom. The number of nitrogens with zero attached hydrogens (tertiary/aromatic N) is 3. The number of hydrogen-bond acceptors (Lipinski definition) is 5. The lowest BCUT2D eigenvalue weighted by Gasteiger charge is -2.23. The van der Waals surface area contributed by atoms with Gasteiger partial charge in [-0.15, -0.1) is 11.3 Å². The third-order valence-electron chi connectivity index (χ3n) is 4.00. The van der Waals surface area contributed by atoms with Gasteiger partial charge in [0.05, 0.1) is 11.4 Å². The molecule has 5 nitrogen and oxygen atoms in total. The van der Waals surface area contributed by atoms with Gasteiger partial charge < -0.3 is 5.32 Å². The van der Waals surface area contributed by atoms with Crippen LogP contribution in [0.4, 0.5) is 0 Å². The zero-order chi connectivity index (χ0) is 18.4. The molecule has 1 atom stereocenters. The Morgan fingerprint density at radius 1 is 1.15 bits per heavy atom. The highest BCUT2D eigenvalue weighted by atomic mass is 32.1. The summed E-state index contributed by atoms with van der Waals surface area (Å²) in [6.07, 6.45) is 2.46. The highest BCUT2D eigenvalue weighted by molar-refractivity contribution is 7.13. The van der Waals surface area contributed by atoms with Gasteiger partial charge in [-0.1, -0.05) is 36.4 Å². The molecule has 0 radical (unpaired) electrons. The first-order chi connectivity index (χ1) is 12.6. The fourth-order valence-electron chi connectivity index (χ4n) is 2.76. The molecule has 0 aliphatic carbocycles. The Balaban J connectivity index is 1.57. The summed E-state index contributed by atoms with van der Waals surface area (Å²) in [6, 6.07) is 15.3. The maximum absolute atomic E-state index is 12.6. The number of aromatic nitrogens is 2. The minimum atomic E-state index is -0.296. The molecule has 0 saturated carbocycles. The molecule has 0 spiro atoms. The summed E-state index contributed by atoms with van der Waals surface area (Å²) in [5.74, 6) is 0.00128. The zero-order valence-electron chi connectivity index (χ0n) is 14.9. The topological polar surface area (TPSA) is 58.1 Å². The number of benzene rings is 1. The number of thiazole rings is 1. The number of likely N-dealkylation sites (N-methyl/N-ethyl adjacent to an activating group) is 1. The van der Waals surface area contributed by atoms with Crippen LogP contribution < -0.4 is 5.32 Å². The summed E-state index contributed by atoms with van der Waals surface area (Å²) in [5, 5.41) is 5.96. The lowest BCUT2D eigenvalue weighted by Crippen LogP contribution is -2.37. The van der Waals surface area contributed by atoms with Crippen LogP contribution in [0.3, 0.4) is 0 Å². The van der Waals surface area contributed by atoms with Crippen LogP contribution >= 0.6 is 11.3 Å². The first kappa shape index (κ1) is 18.2. The molecule has 0 aliphatic heterocycles. The van der Waals surface area contributed by atoms with E-state index in [1.165, 1.54) is 0 Å². The fraction of sp³-hybridized carbons (Fsp3) is 0.250. The number of rotatable bonds is 7. The first-order valence-electron chi connectivity index (χ1n) is 8.50. The average molecular weight is 366 g/mol. The van der Waals surface area contributed by atoms with Crippen molar-refractivity contribution in [2.75, 3.05) is 20.6 Å². The molecule has 0 aliphatic rings. The molecule has 3 aromatic rings. The summed E-state index contributed by atoms with van der Waals surface area (Å²) >= 11 is 1.57. The summed E-state index contributed by atoms with van der Waals surface area (Å²) in [4.78, 5) is 23.5. The van der Waals surface area contributed by atoms with Crippen molar-refractivity contribution in [3.05, 3.63) is 71.4 Å². The van der Waals surface area contributed by atoms with Crippen molar-refractivity contribution in [1.29, 1.82) is 0 Å². The van der Waals surface area contributed by atoms with Crippen molar-refractivity contribution >= 4 is 17.2 Å². The van der Waals surface area contributed by atoms with E-state index in [1.54, 1.807) is 17.5 Å². The number of hydrogen-bond donors (Lipinski definition) is 1. The van der Waals surface area contributed by atoms with E-state index < -0.39 is 0 Å². The Morgan fingerprint density at radius 3 is 2.62 bits per heavy atom. The van der Waals surface area contributed by atoms with Gasteiger partial charge in [-0.05, 0) is 31.8 Å².